The first-order valence-corrected chi connectivity index (χ1v) is 7.09. The molecule has 0 aliphatic heterocycles. The van der Waals surface area contributed by atoms with Crippen LogP contribution in [-0.4, -0.2) is 23.4 Å². The Morgan fingerprint density at radius 1 is 0.818 bits per heavy atom. The summed E-state index contributed by atoms with van der Waals surface area (Å²) in [5.41, 5.74) is 0.872. The third-order valence-electron chi connectivity index (χ3n) is 3.03. The van der Waals surface area contributed by atoms with Crippen LogP contribution in [0.15, 0.2) is 65.4 Å². The Kier molecular flexibility index (Phi) is 4.67. The van der Waals surface area contributed by atoms with E-state index in [9.17, 15) is 0 Å². The Morgan fingerprint density at radius 2 is 1.50 bits per heavy atom. The van der Waals surface area contributed by atoms with Crippen LogP contribution >= 0.6 is 0 Å². The molecule has 5 heteroatoms. The topological polar surface area (TPSA) is 57.4 Å². The Morgan fingerprint density at radius 3 is 2.14 bits per heavy atom. The molecule has 0 fully saturated rings. The van der Waals surface area contributed by atoms with Gasteiger partial charge in [-0.05, 0) is 36.4 Å². The van der Waals surface area contributed by atoms with Crippen molar-refractivity contribution < 1.29 is 13.9 Å². The van der Waals surface area contributed by atoms with E-state index < -0.39 is 0 Å². The minimum atomic E-state index is 0.503. The van der Waals surface area contributed by atoms with Gasteiger partial charge in [-0.2, -0.15) is 0 Å². The Balaban J connectivity index is 1.40. The Hall–Kier alpha value is -2.82. The summed E-state index contributed by atoms with van der Waals surface area (Å²) < 4.78 is 16.4. The van der Waals surface area contributed by atoms with Gasteiger partial charge in [0.05, 0.1) is 13.2 Å². The van der Waals surface area contributed by atoms with E-state index in [0.717, 1.165) is 23.5 Å². The highest BCUT2D eigenvalue weighted by Gasteiger charge is 2.03. The monoisotopic (exact) mass is 296 g/mol. The fourth-order valence-electron chi connectivity index (χ4n) is 1.95. The fraction of sp³-hybridized carbons (Fsp3) is 0.176. The minimum Gasteiger partial charge on any atom is -0.493 e. The molecule has 5 nitrogen and oxygen atoms in total. The van der Waals surface area contributed by atoms with E-state index in [1.165, 1.54) is 6.39 Å². The number of hydrogen-bond donors (Lipinski definition) is 0. The molecule has 0 atom stereocenters. The SMILES string of the molecule is c1ccc(OCCCOc2ccc(-c3nnco3)cc2)cc1. The molecule has 1 aromatic heterocycles. The first-order chi connectivity index (χ1) is 10.9. The summed E-state index contributed by atoms with van der Waals surface area (Å²) in [6, 6.07) is 17.3. The highest BCUT2D eigenvalue weighted by Crippen LogP contribution is 2.20. The molecule has 0 saturated carbocycles. The lowest BCUT2D eigenvalue weighted by molar-refractivity contribution is 0.247. The average Bonchev–Trinajstić information content (AvgIpc) is 3.11. The largest absolute Gasteiger partial charge is 0.493 e. The number of ether oxygens (including phenoxy) is 2. The average molecular weight is 296 g/mol. The van der Waals surface area contributed by atoms with Crippen molar-refractivity contribution in [1.29, 1.82) is 0 Å². The van der Waals surface area contributed by atoms with Crippen molar-refractivity contribution in [1.82, 2.24) is 10.2 Å². The van der Waals surface area contributed by atoms with Crippen LogP contribution in [0.25, 0.3) is 11.5 Å². The summed E-state index contributed by atoms with van der Waals surface area (Å²) in [5, 5.41) is 7.51. The van der Waals surface area contributed by atoms with Crippen LogP contribution in [0.2, 0.25) is 0 Å². The third-order valence-corrected chi connectivity index (χ3v) is 3.03. The van der Waals surface area contributed by atoms with E-state index >= 15 is 0 Å². The quantitative estimate of drug-likeness (QED) is 0.624. The van der Waals surface area contributed by atoms with Crippen molar-refractivity contribution >= 4 is 0 Å². The zero-order valence-electron chi connectivity index (χ0n) is 12.0. The van der Waals surface area contributed by atoms with Gasteiger partial charge in [0.1, 0.15) is 11.5 Å². The molecular formula is C17H16N2O3. The molecule has 0 radical (unpaired) electrons. The predicted molar refractivity (Wildman–Crippen MR) is 81.8 cm³/mol. The van der Waals surface area contributed by atoms with Gasteiger partial charge in [-0.1, -0.05) is 18.2 Å². The smallest absolute Gasteiger partial charge is 0.247 e. The third kappa shape index (κ3) is 3.85. The first kappa shape index (κ1) is 14.1. The fourth-order valence-corrected chi connectivity index (χ4v) is 1.95. The van der Waals surface area contributed by atoms with E-state index in [-0.39, 0.29) is 0 Å². The lowest BCUT2D eigenvalue weighted by Gasteiger charge is -2.08. The second-order valence-electron chi connectivity index (χ2n) is 4.63. The Bertz CT molecular complexity index is 667. The van der Waals surface area contributed by atoms with Gasteiger partial charge < -0.3 is 13.9 Å². The summed E-state index contributed by atoms with van der Waals surface area (Å²) in [7, 11) is 0. The number of para-hydroxylation sites is 1. The maximum absolute atomic E-state index is 5.67. The van der Waals surface area contributed by atoms with E-state index in [1.54, 1.807) is 0 Å². The Labute approximate surface area is 128 Å². The second kappa shape index (κ2) is 7.26. The van der Waals surface area contributed by atoms with Gasteiger partial charge in [0.15, 0.2) is 0 Å². The highest BCUT2D eigenvalue weighted by molar-refractivity contribution is 5.53. The van der Waals surface area contributed by atoms with Gasteiger partial charge in [0.25, 0.3) is 0 Å². The summed E-state index contributed by atoms with van der Waals surface area (Å²) in [5.74, 6) is 2.19. The van der Waals surface area contributed by atoms with Crippen LogP contribution in [0.3, 0.4) is 0 Å². The summed E-state index contributed by atoms with van der Waals surface area (Å²) >= 11 is 0. The van der Waals surface area contributed by atoms with Gasteiger partial charge in [-0.3, -0.25) is 0 Å². The van der Waals surface area contributed by atoms with Crippen molar-refractivity contribution in [3.63, 3.8) is 0 Å². The van der Waals surface area contributed by atoms with Crippen LogP contribution in [0.1, 0.15) is 6.42 Å². The molecule has 1 heterocycles. The lowest BCUT2D eigenvalue weighted by Crippen LogP contribution is -2.04. The number of aromatic nitrogens is 2. The van der Waals surface area contributed by atoms with Crippen molar-refractivity contribution in [2.45, 2.75) is 6.42 Å². The van der Waals surface area contributed by atoms with E-state index in [4.69, 9.17) is 13.9 Å². The maximum atomic E-state index is 5.67. The van der Waals surface area contributed by atoms with Crippen LogP contribution in [0.4, 0.5) is 0 Å². The number of hydrogen-bond acceptors (Lipinski definition) is 5. The maximum Gasteiger partial charge on any atom is 0.247 e. The molecule has 0 saturated heterocycles. The summed E-state index contributed by atoms with van der Waals surface area (Å²) in [6.07, 6.45) is 2.13. The van der Waals surface area contributed by atoms with Gasteiger partial charge in [-0.25, -0.2) is 0 Å². The van der Waals surface area contributed by atoms with Crippen LogP contribution in [0.5, 0.6) is 11.5 Å². The molecule has 0 aliphatic rings. The molecule has 3 aromatic rings. The molecule has 3 rings (SSSR count). The number of benzene rings is 2. The lowest BCUT2D eigenvalue weighted by atomic mass is 10.2. The molecule has 2 aromatic carbocycles. The molecule has 0 aliphatic carbocycles. The van der Waals surface area contributed by atoms with E-state index in [2.05, 4.69) is 10.2 Å². The molecular weight excluding hydrogens is 280 g/mol. The number of rotatable bonds is 7. The number of nitrogens with zero attached hydrogens (tertiary/aromatic N) is 2. The second-order valence-corrected chi connectivity index (χ2v) is 4.63. The molecule has 112 valence electrons. The zero-order chi connectivity index (χ0) is 15.0. The first-order valence-electron chi connectivity index (χ1n) is 7.09. The standard InChI is InChI=1S/C17H16N2O3/c1-2-5-15(6-3-1)20-11-4-12-21-16-9-7-14(8-10-16)17-19-18-13-22-17/h1-3,5-10,13H,4,11-12H2. The molecule has 0 N–H and O–H groups in total. The van der Waals surface area contributed by atoms with Crippen LogP contribution in [0, 0.1) is 0 Å². The van der Waals surface area contributed by atoms with Gasteiger partial charge in [0, 0.05) is 12.0 Å². The normalized spacial score (nSPS) is 10.4. The molecule has 0 bridgehead atoms. The highest BCUT2D eigenvalue weighted by atomic mass is 16.5. The van der Waals surface area contributed by atoms with Crippen molar-refractivity contribution in [3.05, 3.63) is 61.0 Å². The van der Waals surface area contributed by atoms with Gasteiger partial charge >= 0.3 is 0 Å². The molecule has 0 unspecified atom stereocenters. The predicted octanol–water partition coefficient (Wildman–Crippen LogP) is 3.58. The zero-order valence-corrected chi connectivity index (χ0v) is 12.0. The van der Waals surface area contributed by atoms with E-state index in [1.807, 2.05) is 54.6 Å². The van der Waals surface area contributed by atoms with Gasteiger partial charge in [-0.15, -0.1) is 10.2 Å². The van der Waals surface area contributed by atoms with E-state index in [0.29, 0.717) is 19.1 Å². The minimum absolute atomic E-state index is 0.503. The molecule has 0 spiro atoms. The van der Waals surface area contributed by atoms with Crippen molar-refractivity contribution in [2.24, 2.45) is 0 Å². The van der Waals surface area contributed by atoms with Gasteiger partial charge in [0.2, 0.25) is 12.3 Å². The summed E-state index contributed by atoms with van der Waals surface area (Å²) in [4.78, 5) is 0. The molecule has 0 amide bonds. The van der Waals surface area contributed by atoms with Crippen LogP contribution < -0.4 is 9.47 Å². The van der Waals surface area contributed by atoms with Crippen molar-refractivity contribution in [2.75, 3.05) is 13.2 Å². The summed E-state index contributed by atoms with van der Waals surface area (Å²) in [6.45, 7) is 1.23. The molecule has 22 heavy (non-hydrogen) atoms. The van der Waals surface area contributed by atoms with Crippen LogP contribution in [-0.2, 0) is 0 Å². The van der Waals surface area contributed by atoms with Crippen molar-refractivity contribution in [3.8, 4) is 23.0 Å².